The Balaban J connectivity index is 1.47. The van der Waals surface area contributed by atoms with E-state index in [1.165, 1.54) is 6.07 Å². The predicted octanol–water partition coefficient (Wildman–Crippen LogP) is 3.24. The summed E-state index contributed by atoms with van der Waals surface area (Å²) in [6, 6.07) is 10.2. The summed E-state index contributed by atoms with van der Waals surface area (Å²) in [5, 5.41) is 48.8. The number of hydrogen-bond acceptors (Lipinski definition) is 9. The van der Waals surface area contributed by atoms with E-state index in [4.69, 9.17) is 0 Å². The Hall–Kier alpha value is -3.66. The molecule has 0 amide bonds. The van der Waals surface area contributed by atoms with E-state index >= 15 is 0 Å². The number of nitrogens with zero attached hydrogens (tertiary/aromatic N) is 7. The van der Waals surface area contributed by atoms with Crippen LogP contribution < -0.4 is 5.32 Å². The molecule has 1 fully saturated rings. The zero-order valence-electron chi connectivity index (χ0n) is 19.0. The standard InChI is InChI=1S/C23H26N8O2/c1-22(2)11-14(12-23(3,4)29-22)31-21-18(26-30-31)10-17(25-28-21)15-6-5-13(9-19(15)32)16-7-8-20(33)27-24-16/h5-10,14,29,32H,11-12H2,1-4H3,(H,27,33). The maximum absolute atomic E-state index is 10.6. The molecule has 10 heteroatoms. The number of phenols is 1. The number of aromatic nitrogens is 7. The summed E-state index contributed by atoms with van der Waals surface area (Å²) in [4.78, 5) is 0. The molecule has 170 valence electrons. The maximum Gasteiger partial charge on any atom is 0.230 e. The second kappa shape index (κ2) is 7.45. The van der Waals surface area contributed by atoms with Gasteiger partial charge in [0.15, 0.2) is 0 Å². The van der Waals surface area contributed by atoms with Gasteiger partial charge in [-0.1, -0.05) is 11.3 Å². The average molecular weight is 447 g/mol. The zero-order chi connectivity index (χ0) is 23.4. The van der Waals surface area contributed by atoms with Gasteiger partial charge in [-0.15, -0.1) is 25.5 Å². The SMILES string of the molecule is CC1(C)CC(n2nnc3cc(-c4ccc(-c5ccc(O)nn5)cc4O)nnc32)CC(C)(C)N1. The van der Waals surface area contributed by atoms with Gasteiger partial charge in [-0.05, 0) is 64.8 Å². The fourth-order valence-electron chi connectivity index (χ4n) is 4.96. The summed E-state index contributed by atoms with van der Waals surface area (Å²) in [6.45, 7) is 8.78. The molecule has 1 aliphatic rings. The molecule has 33 heavy (non-hydrogen) atoms. The van der Waals surface area contributed by atoms with Crippen molar-refractivity contribution in [3.8, 4) is 34.1 Å². The first kappa shape index (κ1) is 21.2. The van der Waals surface area contributed by atoms with Crippen molar-refractivity contribution in [3.63, 3.8) is 0 Å². The second-order valence-corrected chi connectivity index (χ2v) is 9.94. The maximum atomic E-state index is 10.6. The number of benzene rings is 1. The third-order valence-electron chi connectivity index (χ3n) is 5.96. The molecule has 4 heterocycles. The molecule has 3 aromatic heterocycles. The fraction of sp³-hybridized carbons (Fsp3) is 0.391. The molecule has 0 bridgehead atoms. The lowest BCUT2D eigenvalue weighted by Crippen LogP contribution is -2.58. The van der Waals surface area contributed by atoms with Crippen LogP contribution in [0.25, 0.3) is 33.7 Å². The first-order valence-corrected chi connectivity index (χ1v) is 10.8. The van der Waals surface area contributed by atoms with Gasteiger partial charge in [-0.25, -0.2) is 4.68 Å². The number of rotatable bonds is 3. The van der Waals surface area contributed by atoms with Crippen molar-refractivity contribution in [2.45, 2.75) is 57.7 Å². The van der Waals surface area contributed by atoms with E-state index in [-0.39, 0.29) is 28.7 Å². The molecule has 0 radical (unpaired) electrons. The Bertz CT molecular complexity index is 1310. The minimum Gasteiger partial charge on any atom is -0.507 e. The van der Waals surface area contributed by atoms with Crippen LogP contribution in [0.15, 0.2) is 36.4 Å². The van der Waals surface area contributed by atoms with E-state index in [0.29, 0.717) is 33.7 Å². The molecule has 0 unspecified atom stereocenters. The van der Waals surface area contributed by atoms with Gasteiger partial charge in [0.25, 0.3) is 0 Å². The molecule has 1 aliphatic heterocycles. The number of fused-ring (bicyclic) bond motifs is 1. The van der Waals surface area contributed by atoms with E-state index in [2.05, 4.69) is 63.7 Å². The molecule has 0 aliphatic carbocycles. The number of phenolic OH excluding ortho intramolecular Hbond substituents is 1. The van der Waals surface area contributed by atoms with E-state index < -0.39 is 0 Å². The molecule has 1 saturated heterocycles. The van der Waals surface area contributed by atoms with Crippen LogP contribution in [-0.2, 0) is 0 Å². The van der Waals surface area contributed by atoms with E-state index in [1.807, 2.05) is 4.68 Å². The summed E-state index contributed by atoms with van der Waals surface area (Å²) >= 11 is 0. The van der Waals surface area contributed by atoms with Crippen molar-refractivity contribution in [3.05, 3.63) is 36.4 Å². The van der Waals surface area contributed by atoms with E-state index in [1.54, 1.807) is 30.3 Å². The van der Waals surface area contributed by atoms with Gasteiger partial charge in [0.05, 0.1) is 17.4 Å². The van der Waals surface area contributed by atoms with Gasteiger partial charge in [-0.2, -0.15) is 0 Å². The minimum absolute atomic E-state index is 0.0327. The second-order valence-electron chi connectivity index (χ2n) is 9.94. The number of aromatic hydroxyl groups is 2. The zero-order valence-corrected chi connectivity index (χ0v) is 19.0. The lowest BCUT2D eigenvalue weighted by Gasteiger charge is -2.46. The molecule has 10 nitrogen and oxygen atoms in total. The van der Waals surface area contributed by atoms with Gasteiger partial charge in [-0.3, -0.25) is 0 Å². The van der Waals surface area contributed by atoms with Gasteiger partial charge in [0, 0.05) is 28.3 Å². The molecule has 0 saturated carbocycles. The van der Waals surface area contributed by atoms with Crippen LogP contribution in [0.4, 0.5) is 0 Å². The van der Waals surface area contributed by atoms with Crippen molar-refractivity contribution in [1.82, 2.24) is 40.7 Å². The Labute approximate surface area is 190 Å². The van der Waals surface area contributed by atoms with Gasteiger partial charge < -0.3 is 15.5 Å². The molecule has 0 atom stereocenters. The van der Waals surface area contributed by atoms with Crippen LogP contribution in [0.3, 0.4) is 0 Å². The van der Waals surface area contributed by atoms with Crippen molar-refractivity contribution in [1.29, 1.82) is 0 Å². The largest absolute Gasteiger partial charge is 0.507 e. The molecule has 4 aromatic rings. The molecule has 3 N–H and O–H groups in total. The Morgan fingerprint density at radius 1 is 0.848 bits per heavy atom. The topological polar surface area (TPSA) is 135 Å². The third kappa shape index (κ3) is 4.09. The summed E-state index contributed by atoms with van der Waals surface area (Å²) < 4.78 is 1.88. The first-order chi connectivity index (χ1) is 15.6. The van der Waals surface area contributed by atoms with Crippen LogP contribution in [-0.4, -0.2) is 56.7 Å². The Morgan fingerprint density at radius 2 is 1.58 bits per heavy atom. The Kier molecular flexibility index (Phi) is 4.78. The van der Waals surface area contributed by atoms with Crippen LogP contribution >= 0.6 is 0 Å². The first-order valence-electron chi connectivity index (χ1n) is 10.8. The van der Waals surface area contributed by atoms with E-state index in [9.17, 15) is 10.2 Å². The van der Waals surface area contributed by atoms with Crippen LogP contribution in [0.2, 0.25) is 0 Å². The monoisotopic (exact) mass is 446 g/mol. The number of nitrogens with one attached hydrogen (secondary N) is 1. The molecule has 1 aromatic carbocycles. The molecular formula is C23H26N8O2. The normalized spacial score (nSPS) is 17.9. The highest BCUT2D eigenvalue weighted by Gasteiger charge is 2.39. The molecule has 5 rings (SSSR count). The van der Waals surface area contributed by atoms with Crippen LogP contribution in [0, 0.1) is 0 Å². The van der Waals surface area contributed by atoms with Gasteiger partial charge in [0.1, 0.15) is 11.3 Å². The molecule has 0 spiro atoms. The van der Waals surface area contributed by atoms with Gasteiger partial charge >= 0.3 is 0 Å². The van der Waals surface area contributed by atoms with Gasteiger partial charge in [0.2, 0.25) is 11.5 Å². The van der Waals surface area contributed by atoms with Crippen molar-refractivity contribution < 1.29 is 10.2 Å². The van der Waals surface area contributed by atoms with Crippen molar-refractivity contribution >= 4 is 11.2 Å². The van der Waals surface area contributed by atoms with Crippen molar-refractivity contribution in [2.75, 3.05) is 0 Å². The highest BCUT2D eigenvalue weighted by atomic mass is 16.3. The lowest BCUT2D eigenvalue weighted by atomic mass is 9.80. The molecular weight excluding hydrogens is 420 g/mol. The smallest absolute Gasteiger partial charge is 0.230 e. The number of piperidine rings is 1. The van der Waals surface area contributed by atoms with Crippen LogP contribution in [0.1, 0.15) is 46.6 Å². The predicted molar refractivity (Wildman–Crippen MR) is 122 cm³/mol. The summed E-state index contributed by atoms with van der Waals surface area (Å²) in [6.07, 6.45) is 1.81. The summed E-state index contributed by atoms with van der Waals surface area (Å²) in [7, 11) is 0. The quantitative estimate of drug-likeness (QED) is 0.433. The summed E-state index contributed by atoms with van der Waals surface area (Å²) in [5.74, 6) is -0.127. The lowest BCUT2D eigenvalue weighted by molar-refractivity contribution is 0.127. The fourth-order valence-corrected chi connectivity index (χ4v) is 4.96. The highest BCUT2D eigenvalue weighted by molar-refractivity contribution is 5.79. The van der Waals surface area contributed by atoms with E-state index in [0.717, 1.165) is 12.8 Å². The van der Waals surface area contributed by atoms with Crippen LogP contribution in [0.5, 0.6) is 11.6 Å². The third-order valence-corrected chi connectivity index (χ3v) is 5.96. The highest BCUT2D eigenvalue weighted by Crippen LogP contribution is 2.37. The summed E-state index contributed by atoms with van der Waals surface area (Å²) in [5.41, 5.74) is 3.42. The Morgan fingerprint density at radius 3 is 2.24 bits per heavy atom. The average Bonchev–Trinajstić information content (AvgIpc) is 3.15. The minimum atomic E-state index is -0.159. The van der Waals surface area contributed by atoms with Crippen molar-refractivity contribution in [2.24, 2.45) is 0 Å². The number of hydrogen-bond donors (Lipinski definition) is 3.